The average molecular weight is 300 g/mol. The van der Waals surface area contributed by atoms with Crippen molar-refractivity contribution in [3.05, 3.63) is 34.3 Å². The van der Waals surface area contributed by atoms with Crippen LogP contribution in [-0.4, -0.2) is 17.1 Å². The Labute approximate surface area is 110 Å². The van der Waals surface area contributed by atoms with Crippen LogP contribution in [0.2, 0.25) is 0 Å². The Hall–Kier alpha value is -0.870. The molecule has 1 atom stereocenters. The third kappa shape index (κ3) is 5.33. The van der Waals surface area contributed by atoms with Crippen LogP contribution in [-0.2, 0) is 11.3 Å². The summed E-state index contributed by atoms with van der Waals surface area (Å²) >= 11 is 3.38. The Bertz CT molecular complexity index is 362. The predicted octanol–water partition coefficient (Wildman–Crippen LogP) is 3.04. The lowest BCUT2D eigenvalue weighted by molar-refractivity contribution is -0.137. The van der Waals surface area contributed by atoms with Crippen LogP contribution >= 0.6 is 15.9 Å². The first-order valence-corrected chi connectivity index (χ1v) is 6.48. The monoisotopic (exact) mass is 299 g/mol. The van der Waals surface area contributed by atoms with Crippen molar-refractivity contribution in [1.29, 1.82) is 0 Å². The third-order valence-electron chi connectivity index (χ3n) is 2.68. The second-order valence-corrected chi connectivity index (χ2v) is 5.37. The summed E-state index contributed by atoms with van der Waals surface area (Å²) < 4.78 is 1.05. The zero-order valence-electron chi connectivity index (χ0n) is 10.1. The molecule has 0 heterocycles. The van der Waals surface area contributed by atoms with Gasteiger partial charge in [-0.1, -0.05) is 41.9 Å². The summed E-state index contributed by atoms with van der Waals surface area (Å²) in [7, 11) is 0. The molecule has 1 rings (SSSR count). The van der Waals surface area contributed by atoms with Crippen molar-refractivity contribution in [2.45, 2.75) is 32.9 Å². The number of carboxylic acids is 1. The Morgan fingerprint density at radius 1 is 1.35 bits per heavy atom. The van der Waals surface area contributed by atoms with Crippen LogP contribution in [0.5, 0.6) is 0 Å². The van der Waals surface area contributed by atoms with Crippen LogP contribution in [0.1, 0.15) is 25.8 Å². The number of benzene rings is 1. The minimum absolute atomic E-state index is 0.0103. The Morgan fingerprint density at radius 3 is 2.41 bits per heavy atom. The van der Waals surface area contributed by atoms with Crippen LogP contribution < -0.4 is 5.32 Å². The van der Waals surface area contributed by atoms with Crippen LogP contribution in [0.15, 0.2) is 28.7 Å². The van der Waals surface area contributed by atoms with Gasteiger partial charge in [0.2, 0.25) is 0 Å². The van der Waals surface area contributed by atoms with Gasteiger partial charge in [-0.25, -0.2) is 0 Å². The second kappa shape index (κ2) is 6.77. The van der Waals surface area contributed by atoms with E-state index >= 15 is 0 Å². The quantitative estimate of drug-likeness (QED) is 0.849. The number of hydrogen-bond donors (Lipinski definition) is 2. The molecule has 0 aliphatic carbocycles. The van der Waals surface area contributed by atoms with E-state index in [0.717, 1.165) is 10.0 Å². The Balaban J connectivity index is 2.51. The van der Waals surface area contributed by atoms with Gasteiger partial charge in [0.25, 0.3) is 0 Å². The molecule has 0 aliphatic heterocycles. The van der Waals surface area contributed by atoms with E-state index in [1.54, 1.807) is 0 Å². The molecule has 0 aromatic heterocycles. The van der Waals surface area contributed by atoms with Crippen LogP contribution in [0, 0.1) is 5.92 Å². The van der Waals surface area contributed by atoms with Gasteiger partial charge in [-0.2, -0.15) is 0 Å². The molecule has 2 N–H and O–H groups in total. The molecule has 94 valence electrons. The smallest absolute Gasteiger partial charge is 0.304 e. The van der Waals surface area contributed by atoms with Crippen molar-refractivity contribution in [1.82, 2.24) is 5.32 Å². The second-order valence-electron chi connectivity index (χ2n) is 4.46. The first-order valence-electron chi connectivity index (χ1n) is 5.68. The number of carbonyl (C=O) groups is 1. The first kappa shape index (κ1) is 14.2. The molecule has 0 amide bonds. The number of carboxylic acid groups (broad SMARTS) is 1. The average Bonchev–Trinajstić information content (AvgIpc) is 2.25. The van der Waals surface area contributed by atoms with Crippen molar-refractivity contribution in [3.8, 4) is 0 Å². The van der Waals surface area contributed by atoms with Crippen molar-refractivity contribution in [3.63, 3.8) is 0 Å². The fourth-order valence-electron chi connectivity index (χ4n) is 1.58. The SMILES string of the molecule is CC(C)C(CC(=O)O)NCc1ccc(Br)cc1. The van der Waals surface area contributed by atoms with E-state index in [1.807, 2.05) is 38.1 Å². The zero-order valence-corrected chi connectivity index (χ0v) is 11.7. The summed E-state index contributed by atoms with van der Waals surface area (Å²) in [6.45, 7) is 4.76. The molecule has 1 unspecified atom stereocenters. The van der Waals surface area contributed by atoms with E-state index in [1.165, 1.54) is 0 Å². The van der Waals surface area contributed by atoms with Gasteiger partial charge in [-0.05, 0) is 23.6 Å². The molecule has 1 aromatic carbocycles. The van der Waals surface area contributed by atoms with Gasteiger partial charge in [0.1, 0.15) is 0 Å². The lowest BCUT2D eigenvalue weighted by Crippen LogP contribution is -2.35. The van der Waals surface area contributed by atoms with Crippen molar-refractivity contribution < 1.29 is 9.90 Å². The molecule has 0 spiro atoms. The van der Waals surface area contributed by atoms with E-state index in [4.69, 9.17) is 5.11 Å². The van der Waals surface area contributed by atoms with Gasteiger partial charge in [0, 0.05) is 17.1 Å². The molecule has 0 radical (unpaired) electrons. The number of halogens is 1. The highest BCUT2D eigenvalue weighted by molar-refractivity contribution is 9.10. The Morgan fingerprint density at radius 2 is 1.94 bits per heavy atom. The van der Waals surface area contributed by atoms with Crippen LogP contribution in [0.4, 0.5) is 0 Å². The summed E-state index contributed by atoms with van der Waals surface area (Å²) in [6, 6.07) is 8.03. The summed E-state index contributed by atoms with van der Waals surface area (Å²) in [5, 5.41) is 12.1. The maximum atomic E-state index is 10.7. The van der Waals surface area contributed by atoms with Gasteiger partial charge in [-0.15, -0.1) is 0 Å². The van der Waals surface area contributed by atoms with E-state index in [2.05, 4.69) is 21.2 Å². The molecule has 0 saturated carbocycles. The summed E-state index contributed by atoms with van der Waals surface area (Å²) in [4.78, 5) is 10.7. The molecule has 0 saturated heterocycles. The molecule has 4 heteroatoms. The van der Waals surface area contributed by atoms with Crippen molar-refractivity contribution in [2.75, 3.05) is 0 Å². The largest absolute Gasteiger partial charge is 0.481 e. The minimum atomic E-state index is -0.757. The standard InChI is InChI=1S/C13H18BrNO2/c1-9(2)12(7-13(16)17)15-8-10-3-5-11(14)6-4-10/h3-6,9,12,15H,7-8H2,1-2H3,(H,16,17). The van der Waals surface area contributed by atoms with Crippen LogP contribution in [0.25, 0.3) is 0 Å². The molecule has 1 aromatic rings. The van der Waals surface area contributed by atoms with Gasteiger partial charge in [0.15, 0.2) is 0 Å². The number of aliphatic carboxylic acids is 1. The number of nitrogens with one attached hydrogen (secondary N) is 1. The van der Waals surface area contributed by atoms with E-state index < -0.39 is 5.97 Å². The summed E-state index contributed by atoms with van der Waals surface area (Å²) in [6.07, 6.45) is 0.161. The highest BCUT2D eigenvalue weighted by atomic mass is 79.9. The molecule has 0 bridgehead atoms. The fraction of sp³-hybridized carbons (Fsp3) is 0.462. The van der Waals surface area contributed by atoms with Gasteiger partial charge >= 0.3 is 5.97 Å². The summed E-state index contributed by atoms with van der Waals surface area (Å²) in [5.41, 5.74) is 1.16. The molecule has 3 nitrogen and oxygen atoms in total. The van der Waals surface area contributed by atoms with E-state index in [-0.39, 0.29) is 12.5 Å². The number of rotatable bonds is 6. The van der Waals surface area contributed by atoms with E-state index in [9.17, 15) is 4.79 Å². The zero-order chi connectivity index (χ0) is 12.8. The normalized spacial score (nSPS) is 12.7. The van der Waals surface area contributed by atoms with E-state index in [0.29, 0.717) is 12.5 Å². The molecule has 0 aliphatic rings. The highest BCUT2D eigenvalue weighted by Gasteiger charge is 2.16. The lowest BCUT2D eigenvalue weighted by Gasteiger charge is -2.20. The topological polar surface area (TPSA) is 49.3 Å². The fourth-order valence-corrected chi connectivity index (χ4v) is 1.85. The lowest BCUT2D eigenvalue weighted by atomic mass is 10.0. The van der Waals surface area contributed by atoms with Crippen molar-refractivity contribution >= 4 is 21.9 Å². The van der Waals surface area contributed by atoms with Gasteiger partial charge in [0.05, 0.1) is 6.42 Å². The molecular formula is C13H18BrNO2. The first-order chi connectivity index (χ1) is 7.99. The third-order valence-corrected chi connectivity index (χ3v) is 3.21. The van der Waals surface area contributed by atoms with Gasteiger partial charge < -0.3 is 10.4 Å². The molecule has 0 fully saturated rings. The number of hydrogen-bond acceptors (Lipinski definition) is 2. The maximum absolute atomic E-state index is 10.7. The highest BCUT2D eigenvalue weighted by Crippen LogP contribution is 2.12. The predicted molar refractivity (Wildman–Crippen MR) is 71.9 cm³/mol. The molecular weight excluding hydrogens is 282 g/mol. The maximum Gasteiger partial charge on any atom is 0.304 e. The van der Waals surface area contributed by atoms with Crippen LogP contribution in [0.3, 0.4) is 0 Å². The molecule has 17 heavy (non-hydrogen) atoms. The van der Waals surface area contributed by atoms with Gasteiger partial charge in [-0.3, -0.25) is 4.79 Å². The summed E-state index contributed by atoms with van der Waals surface area (Å²) in [5.74, 6) is -0.450. The minimum Gasteiger partial charge on any atom is -0.481 e. The van der Waals surface area contributed by atoms with Crippen molar-refractivity contribution in [2.24, 2.45) is 5.92 Å². The Kier molecular flexibility index (Phi) is 5.65.